The van der Waals surface area contributed by atoms with Crippen molar-refractivity contribution in [3.05, 3.63) is 97.2 Å². The van der Waals surface area contributed by atoms with E-state index in [1.165, 1.54) is 141 Å². The van der Waals surface area contributed by atoms with Gasteiger partial charge in [0.1, 0.15) is 13.2 Å². The largest absolute Gasteiger partial charge is 0.462 e. The van der Waals surface area contributed by atoms with E-state index in [4.69, 9.17) is 14.2 Å². The zero-order chi connectivity index (χ0) is 50.7. The van der Waals surface area contributed by atoms with Crippen LogP contribution in [0.2, 0.25) is 0 Å². The van der Waals surface area contributed by atoms with Gasteiger partial charge in [-0.2, -0.15) is 0 Å². The van der Waals surface area contributed by atoms with E-state index in [0.717, 1.165) is 77.0 Å². The van der Waals surface area contributed by atoms with Crippen molar-refractivity contribution in [2.75, 3.05) is 13.2 Å². The van der Waals surface area contributed by atoms with Crippen molar-refractivity contribution in [1.82, 2.24) is 0 Å². The zero-order valence-electron chi connectivity index (χ0n) is 45.8. The molecule has 0 aliphatic carbocycles. The Balaban J connectivity index is 4.55. The average Bonchev–Trinajstić information content (AvgIpc) is 3.36. The molecule has 6 nitrogen and oxygen atoms in total. The zero-order valence-corrected chi connectivity index (χ0v) is 45.8. The number of carbonyl (C=O) groups excluding carboxylic acids is 3. The molecule has 0 N–H and O–H groups in total. The molecular formula is C64H108O6. The summed E-state index contributed by atoms with van der Waals surface area (Å²) in [5.74, 6) is -1.04. The Morgan fingerprint density at radius 2 is 0.529 bits per heavy atom. The van der Waals surface area contributed by atoms with Gasteiger partial charge in [0.2, 0.25) is 0 Å². The minimum Gasteiger partial charge on any atom is -0.462 e. The highest BCUT2D eigenvalue weighted by molar-refractivity contribution is 5.71. The number of esters is 3. The molecule has 0 aliphatic heterocycles. The maximum Gasteiger partial charge on any atom is 0.306 e. The topological polar surface area (TPSA) is 78.9 Å². The van der Waals surface area contributed by atoms with Gasteiger partial charge in [-0.15, -0.1) is 0 Å². The third-order valence-electron chi connectivity index (χ3n) is 12.3. The number of hydrogen-bond acceptors (Lipinski definition) is 6. The van der Waals surface area contributed by atoms with Gasteiger partial charge in [0.15, 0.2) is 6.10 Å². The van der Waals surface area contributed by atoms with E-state index < -0.39 is 6.10 Å². The van der Waals surface area contributed by atoms with Gasteiger partial charge < -0.3 is 14.2 Å². The van der Waals surface area contributed by atoms with Gasteiger partial charge in [-0.25, -0.2) is 0 Å². The predicted molar refractivity (Wildman–Crippen MR) is 302 cm³/mol. The van der Waals surface area contributed by atoms with Crippen LogP contribution in [0.25, 0.3) is 0 Å². The first-order valence-electron chi connectivity index (χ1n) is 29.2. The summed E-state index contributed by atoms with van der Waals surface area (Å²) in [5.41, 5.74) is 0. The van der Waals surface area contributed by atoms with Crippen LogP contribution in [0.3, 0.4) is 0 Å². The molecule has 0 aromatic heterocycles. The monoisotopic (exact) mass is 973 g/mol. The van der Waals surface area contributed by atoms with Gasteiger partial charge >= 0.3 is 17.9 Å². The summed E-state index contributed by atoms with van der Waals surface area (Å²) in [5, 5.41) is 0. The minimum absolute atomic E-state index is 0.119. The molecule has 400 valence electrons. The van der Waals surface area contributed by atoms with Crippen molar-refractivity contribution in [1.29, 1.82) is 0 Å². The van der Waals surface area contributed by atoms with Crippen molar-refractivity contribution in [3.63, 3.8) is 0 Å². The number of ether oxygens (including phenoxy) is 3. The molecule has 0 saturated carbocycles. The van der Waals surface area contributed by atoms with Crippen LogP contribution in [-0.2, 0) is 28.6 Å². The van der Waals surface area contributed by atoms with Crippen LogP contribution in [-0.4, -0.2) is 37.2 Å². The van der Waals surface area contributed by atoms with Gasteiger partial charge in [0.05, 0.1) is 0 Å². The van der Waals surface area contributed by atoms with Gasteiger partial charge in [0, 0.05) is 19.3 Å². The molecule has 1 unspecified atom stereocenters. The van der Waals surface area contributed by atoms with Crippen molar-refractivity contribution >= 4 is 17.9 Å². The average molecular weight is 974 g/mol. The molecular weight excluding hydrogens is 865 g/mol. The molecule has 0 aromatic rings. The van der Waals surface area contributed by atoms with Crippen LogP contribution in [0.1, 0.15) is 271 Å². The Labute approximate surface area is 432 Å². The van der Waals surface area contributed by atoms with Crippen LogP contribution < -0.4 is 0 Å². The van der Waals surface area contributed by atoms with E-state index in [1.807, 2.05) is 0 Å². The molecule has 0 saturated heterocycles. The van der Waals surface area contributed by atoms with Gasteiger partial charge in [-0.05, 0) is 116 Å². The second kappa shape index (κ2) is 57.9. The first kappa shape index (κ1) is 66.3. The third kappa shape index (κ3) is 55.3. The minimum atomic E-state index is -0.831. The fraction of sp³-hybridized carbons (Fsp3) is 0.703. The summed E-state index contributed by atoms with van der Waals surface area (Å²) in [6.07, 6.45) is 77.0. The lowest BCUT2D eigenvalue weighted by Gasteiger charge is -2.18. The van der Waals surface area contributed by atoms with Crippen molar-refractivity contribution in [2.45, 2.75) is 277 Å². The Hall–Kier alpha value is -3.67. The number of rotatable bonds is 52. The fourth-order valence-electron chi connectivity index (χ4n) is 7.86. The number of carbonyl (C=O) groups is 3. The Bertz CT molecular complexity index is 1400. The number of allylic oxidation sites excluding steroid dienone is 16. The van der Waals surface area contributed by atoms with Crippen LogP contribution in [0.4, 0.5) is 0 Å². The van der Waals surface area contributed by atoms with E-state index >= 15 is 0 Å². The van der Waals surface area contributed by atoms with Gasteiger partial charge in [0.25, 0.3) is 0 Å². The molecule has 0 rings (SSSR count). The normalized spacial score (nSPS) is 12.8. The van der Waals surface area contributed by atoms with Gasteiger partial charge in [-0.1, -0.05) is 234 Å². The van der Waals surface area contributed by atoms with Crippen molar-refractivity contribution in [2.24, 2.45) is 0 Å². The van der Waals surface area contributed by atoms with Crippen molar-refractivity contribution in [3.8, 4) is 0 Å². The lowest BCUT2D eigenvalue weighted by molar-refractivity contribution is -0.167. The summed E-state index contributed by atoms with van der Waals surface area (Å²) < 4.78 is 16.8. The molecule has 0 amide bonds. The van der Waals surface area contributed by atoms with E-state index in [1.54, 1.807) is 0 Å². The third-order valence-corrected chi connectivity index (χ3v) is 12.3. The molecule has 0 radical (unpaired) electrons. The lowest BCUT2D eigenvalue weighted by atomic mass is 10.1. The molecule has 0 fully saturated rings. The summed E-state index contributed by atoms with van der Waals surface area (Å²) in [4.78, 5) is 38.1. The molecule has 0 bridgehead atoms. The SMILES string of the molecule is CCCCC/C=C\C/C=C\C/C=C\C/C=C\CCCC(=O)OC(COC(=O)CCC/C=C\C/C=C\C/C=C\CCCCCCCC)COC(=O)CCCCCCC/C=C\CCCCCCCCCCC. The summed E-state index contributed by atoms with van der Waals surface area (Å²) in [6.45, 7) is 6.52. The quantitative estimate of drug-likeness (QED) is 0.0262. The summed E-state index contributed by atoms with van der Waals surface area (Å²) in [7, 11) is 0. The highest BCUT2D eigenvalue weighted by Crippen LogP contribution is 2.14. The molecule has 0 aliphatic rings. The van der Waals surface area contributed by atoms with Crippen LogP contribution >= 0.6 is 0 Å². The Morgan fingerprint density at radius 3 is 0.900 bits per heavy atom. The number of unbranched alkanes of at least 4 members (excludes halogenated alkanes) is 25. The van der Waals surface area contributed by atoms with Crippen LogP contribution in [0.5, 0.6) is 0 Å². The molecule has 0 aromatic carbocycles. The summed E-state index contributed by atoms with van der Waals surface area (Å²) in [6, 6.07) is 0. The molecule has 70 heavy (non-hydrogen) atoms. The second-order valence-corrected chi connectivity index (χ2v) is 19.2. The highest BCUT2D eigenvalue weighted by Gasteiger charge is 2.19. The van der Waals surface area contributed by atoms with Crippen LogP contribution in [0, 0.1) is 0 Å². The predicted octanol–water partition coefficient (Wildman–Crippen LogP) is 19.7. The van der Waals surface area contributed by atoms with Gasteiger partial charge in [-0.3, -0.25) is 14.4 Å². The summed E-state index contributed by atoms with van der Waals surface area (Å²) >= 11 is 0. The molecule has 6 heteroatoms. The highest BCUT2D eigenvalue weighted by atomic mass is 16.6. The number of hydrogen-bond donors (Lipinski definition) is 0. The fourth-order valence-corrected chi connectivity index (χ4v) is 7.86. The first-order chi connectivity index (χ1) is 34.5. The first-order valence-corrected chi connectivity index (χ1v) is 29.2. The second-order valence-electron chi connectivity index (χ2n) is 19.2. The molecule has 0 spiro atoms. The Kier molecular flexibility index (Phi) is 54.9. The lowest BCUT2D eigenvalue weighted by Crippen LogP contribution is -2.30. The standard InChI is InChI=1S/C64H108O6/c1-4-7-10-13-16-19-22-25-28-31-34-36-39-42-45-48-51-54-57-63(66)69-60-61(70-64(67)58-55-52-49-46-43-40-37-33-30-27-24-21-18-15-12-9-6-3)59-68-62(65)56-53-50-47-44-41-38-35-32-29-26-23-20-17-14-11-8-5-2/h18,21,26-27,29-30,34-38,40,44,46-47,49,61H,4-17,19-20,22-25,28,31-33,39,41-43,45,48,50-60H2,1-3H3/b21-18-,29-26-,30-27-,36-34-,38-35-,40-37-,47-44-,49-46-. The van der Waals surface area contributed by atoms with Crippen molar-refractivity contribution < 1.29 is 28.6 Å². The molecule has 1 atom stereocenters. The maximum absolute atomic E-state index is 12.8. The molecule has 0 heterocycles. The smallest absolute Gasteiger partial charge is 0.306 e. The van der Waals surface area contributed by atoms with E-state index in [9.17, 15) is 14.4 Å². The van der Waals surface area contributed by atoms with E-state index in [-0.39, 0.29) is 44.0 Å². The van der Waals surface area contributed by atoms with E-state index in [2.05, 4.69) is 118 Å². The maximum atomic E-state index is 12.8. The van der Waals surface area contributed by atoms with E-state index in [0.29, 0.717) is 19.3 Å². The Morgan fingerprint density at radius 1 is 0.286 bits per heavy atom. The van der Waals surface area contributed by atoms with Crippen LogP contribution in [0.15, 0.2) is 97.2 Å².